The number of hydrogen-bond acceptors (Lipinski definition) is 4. The van der Waals surface area contributed by atoms with Crippen molar-refractivity contribution >= 4 is 28.5 Å². The average Bonchev–Trinajstić information content (AvgIpc) is 2.80. The second-order valence-electron chi connectivity index (χ2n) is 4.38. The molecule has 4 heteroatoms. The van der Waals surface area contributed by atoms with Crippen molar-refractivity contribution in [1.29, 1.82) is 0 Å². The number of benzene rings is 2. The number of para-hydroxylation sites is 1. The second-order valence-corrected chi connectivity index (χ2v) is 4.38. The van der Waals surface area contributed by atoms with Crippen molar-refractivity contribution in [3.8, 4) is 0 Å². The van der Waals surface area contributed by atoms with Crippen molar-refractivity contribution in [2.45, 2.75) is 13.3 Å². The highest BCUT2D eigenvalue weighted by atomic mass is 16.4. The molecular weight excluding hydrogens is 238 g/mol. The largest absolute Gasteiger partial charge is 0.423 e. The molecule has 0 amide bonds. The van der Waals surface area contributed by atoms with Gasteiger partial charge in [0, 0.05) is 17.4 Å². The van der Waals surface area contributed by atoms with Crippen LogP contribution in [0.3, 0.4) is 0 Å². The average molecular weight is 253 g/mol. The summed E-state index contributed by atoms with van der Waals surface area (Å²) in [5, 5.41) is 3.21. The molecule has 0 fully saturated rings. The molecule has 0 saturated heterocycles. The smallest absolute Gasteiger partial charge is 0.300 e. The van der Waals surface area contributed by atoms with Crippen LogP contribution >= 0.6 is 0 Å². The summed E-state index contributed by atoms with van der Waals surface area (Å²) in [6.45, 7) is 2.12. The first-order valence-corrected chi connectivity index (χ1v) is 6.27. The van der Waals surface area contributed by atoms with Gasteiger partial charge in [-0.15, -0.1) is 0 Å². The van der Waals surface area contributed by atoms with Gasteiger partial charge in [-0.05, 0) is 30.2 Å². The van der Waals surface area contributed by atoms with Crippen molar-refractivity contribution < 1.29 is 4.42 Å². The standard InChI is InChI=1S/C15H15N3O/c1-2-10-5-3-4-6-12(10)17-15-18-13-8-7-11(16)9-14(13)19-15/h3-9H,2,16H2,1H3,(H,17,18). The maximum Gasteiger partial charge on any atom is 0.300 e. The van der Waals surface area contributed by atoms with Gasteiger partial charge in [-0.2, -0.15) is 4.98 Å². The Morgan fingerprint density at radius 2 is 2.05 bits per heavy atom. The summed E-state index contributed by atoms with van der Waals surface area (Å²) in [6.07, 6.45) is 0.955. The summed E-state index contributed by atoms with van der Waals surface area (Å²) < 4.78 is 5.65. The lowest BCUT2D eigenvalue weighted by molar-refractivity contribution is 0.623. The van der Waals surface area contributed by atoms with Crippen LogP contribution in [0.25, 0.3) is 11.1 Å². The van der Waals surface area contributed by atoms with Crippen LogP contribution in [0.2, 0.25) is 0 Å². The molecular formula is C15H15N3O. The van der Waals surface area contributed by atoms with Crippen molar-refractivity contribution in [3.63, 3.8) is 0 Å². The molecule has 0 bridgehead atoms. The van der Waals surface area contributed by atoms with E-state index in [1.807, 2.05) is 30.3 Å². The molecule has 0 atom stereocenters. The van der Waals surface area contributed by atoms with E-state index in [-0.39, 0.29) is 0 Å². The van der Waals surface area contributed by atoms with Crippen LogP contribution in [-0.2, 0) is 6.42 Å². The van der Waals surface area contributed by atoms with Crippen LogP contribution in [0.1, 0.15) is 12.5 Å². The molecule has 0 saturated carbocycles. The number of rotatable bonds is 3. The number of nitrogens with one attached hydrogen (secondary N) is 1. The Morgan fingerprint density at radius 1 is 1.21 bits per heavy atom. The van der Waals surface area contributed by atoms with E-state index in [1.54, 1.807) is 6.07 Å². The van der Waals surface area contributed by atoms with E-state index in [4.69, 9.17) is 10.2 Å². The number of anilines is 3. The van der Waals surface area contributed by atoms with E-state index >= 15 is 0 Å². The van der Waals surface area contributed by atoms with Gasteiger partial charge >= 0.3 is 0 Å². The van der Waals surface area contributed by atoms with E-state index in [2.05, 4.69) is 23.3 Å². The second kappa shape index (κ2) is 4.65. The van der Waals surface area contributed by atoms with E-state index in [1.165, 1.54) is 5.56 Å². The minimum atomic E-state index is 0.488. The number of nitrogens with zero attached hydrogens (tertiary/aromatic N) is 1. The van der Waals surface area contributed by atoms with Crippen LogP contribution < -0.4 is 11.1 Å². The maximum atomic E-state index is 5.72. The van der Waals surface area contributed by atoms with E-state index in [0.29, 0.717) is 17.3 Å². The van der Waals surface area contributed by atoms with Gasteiger partial charge in [0.05, 0.1) is 0 Å². The third-order valence-corrected chi connectivity index (χ3v) is 3.05. The molecule has 1 aromatic heterocycles. The Bertz CT molecular complexity index is 718. The first-order chi connectivity index (χ1) is 9.26. The number of hydrogen-bond donors (Lipinski definition) is 2. The Morgan fingerprint density at radius 3 is 2.89 bits per heavy atom. The molecule has 96 valence electrons. The van der Waals surface area contributed by atoms with Crippen LogP contribution in [-0.4, -0.2) is 4.98 Å². The zero-order valence-electron chi connectivity index (χ0n) is 10.7. The molecule has 1 heterocycles. The van der Waals surface area contributed by atoms with Crippen LogP contribution in [0, 0.1) is 0 Å². The zero-order valence-corrected chi connectivity index (χ0v) is 10.7. The number of aromatic nitrogens is 1. The summed E-state index contributed by atoms with van der Waals surface area (Å²) in [5.41, 5.74) is 10.1. The molecule has 0 aliphatic heterocycles. The van der Waals surface area contributed by atoms with Crippen molar-refractivity contribution in [1.82, 2.24) is 4.98 Å². The molecule has 0 spiro atoms. The molecule has 0 radical (unpaired) electrons. The van der Waals surface area contributed by atoms with Gasteiger partial charge in [-0.1, -0.05) is 25.1 Å². The minimum Gasteiger partial charge on any atom is -0.423 e. The lowest BCUT2D eigenvalue weighted by Crippen LogP contribution is -1.94. The third kappa shape index (κ3) is 2.25. The molecule has 4 nitrogen and oxygen atoms in total. The molecule has 19 heavy (non-hydrogen) atoms. The lowest BCUT2D eigenvalue weighted by Gasteiger charge is -2.06. The summed E-state index contributed by atoms with van der Waals surface area (Å²) in [7, 11) is 0. The van der Waals surface area contributed by atoms with Gasteiger partial charge in [-0.25, -0.2) is 0 Å². The fourth-order valence-electron chi connectivity index (χ4n) is 2.06. The molecule has 2 aromatic carbocycles. The van der Waals surface area contributed by atoms with Gasteiger partial charge in [0.2, 0.25) is 0 Å². The van der Waals surface area contributed by atoms with Crippen LogP contribution in [0.4, 0.5) is 17.4 Å². The predicted molar refractivity (Wildman–Crippen MR) is 77.5 cm³/mol. The van der Waals surface area contributed by atoms with Gasteiger partial charge in [0.1, 0.15) is 5.52 Å². The third-order valence-electron chi connectivity index (χ3n) is 3.05. The lowest BCUT2D eigenvalue weighted by atomic mass is 10.1. The Balaban J connectivity index is 1.96. The Labute approximate surface area is 111 Å². The topological polar surface area (TPSA) is 64.1 Å². The first-order valence-electron chi connectivity index (χ1n) is 6.27. The highest BCUT2D eigenvalue weighted by Gasteiger charge is 2.07. The first kappa shape index (κ1) is 11.6. The van der Waals surface area contributed by atoms with E-state index < -0.39 is 0 Å². The Hall–Kier alpha value is -2.49. The molecule has 0 unspecified atom stereocenters. The van der Waals surface area contributed by atoms with Crippen molar-refractivity contribution in [3.05, 3.63) is 48.0 Å². The van der Waals surface area contributed by atoms with Gasteiger partial charge in [-0.3, -0.25) is 0 Å². The normalized spacial score (nSPS) is 10.8. The molecule has 3 rings (SSSR count). The highest BCUT2D eigenvalue weighted by Crippen LogP contribution is 2.25. The maximum absolute atomic E-state index is 5.72. The number of nitrogens with two attached hydrogens (primary N) is 1. The molecule has 0 aliphatic rings. The highest BCUT2D eigenvalue weighted by molar-refractivity contribution is 5.78. The molecule has 3 N–H and O–H groups in total. The van der Waals surface area contributed by atoms with E-state index in [9.17, 15) is 0 Å². The SMILES string of the molecule is CCc1ccccc1Nc1nc2ccc(N)cc2o1. The summed E-state index contributed by atoms with van der Waals surface area (Å²) >= 11 is 0. The van der Waals surface area contributed by atoms with Crippen LogP contribution in [0.15, 0.2) is 46.9 Å². The van der Waals surface area contributed by atoms with Gasteiger partial charge in [0.25, 0.3) is 6.01 Å². The molecule has 0 aliphatic carbocycles. The van der Waals surface area contributed by atoms with E-state index in [0.717, 1.165) is 17.6 Å². The quantitative estimate of drug-likeness (QED) is 0.698. The fraction of sp³-hybridized carbons (Fsp3) is 0.133. The number of fused-ring (bicyclic) bond motifs is 1. The van der Waals surface area contributed by atoms with Crippen molar-refractivity contribution in [2.75, 3.05) is 11.1 Å². The van der Waals surface area contributed by atoms with Crippen molar-refractivity contribution in [2.24, 2.45) is 0 Å². The Kier molecular flexibility index (Phi) is 2.83. The van der Waals surface area contributed by atoms with Gasteiger partial charge in [0.15, 0.2) is 5.58 Å². The van der Waals surface area contributed by atoms with Gasteiger partial charge < -0.3 is 15.5 Å². The molecule has 3 aromatic rings. The summed E-state index contributed by atoms with van der Waals surface area (Å²) in [4.78, 5) is 4.39. The summed E-state index contributed by atoms with van der Waals surface area (Å²) in [6, 6.07) is 14.0. The number of aryl methyl sites for hydroxylation is 1. The van der Waals surface area contributed by atoms with Crippen LogP contribution in [0.5, 0.6) is 0 Å². The summed E-state index contributed by atoms with van der Waals surface area (Å²) in [5.74, 6) is 0. The predicted octanol–water partition coefficient (Wildman–Crippen LogP) is 3.72. The fourth-order valence-corrected chi connectivity index (χ4v) is 2.06. The number of oxazole rings is 1. The minimum absolute atomic E-state index is 0.488. The monoisotopic (exact) mass is 253 g/mol. The number of nitrogen functional groups attached to an aromatic ring is 1. The zero-order chi connectivity index (χ0) is 13.2.